The van der Waals surface area contributed by atoms with E-state index in [9.17, 15) is 25.0 Å². The van der Waals surface area contributed by atoms with Crippen LogP contribution in [-0.2, 0) is 14.4 Å². The summed E-state index contributed by atoms with van der Waals surface area (Å²) in [6.07, 6.45) is -1.56. The van der Waals surface area contributed by atoms with E-state index in [-0.39, 0.29) is 35.1 Å². The van der Waals surface area contributed by atoms with Crippen molar-refractivity contribution in [1.82, 2.24) is 5.06 Å². The molecule has 15 nitrogen and oxygen atoms in total. The van der Waals surface area contributed by atoms with Gasteiger partial charge in [0.05, 0.1) is 30.3 Å². The molecule has 2 amide bonds. The van der Waals surface area contributed by atoms with E-state index < -0.39 is 40.6 Å². The number of benzene rings is 3. The molecule has 0 aromatic heterocycles. The number of para-hydroxylation sites is 1. The average Bonchev–Trinajstić information content (AvgIpc) is 2.97. The molecule has 3 aromatic rings. The number of anilines is 1. The second-order valence-corrected chi connectivity index (χ2v) is 8.40. The van der Waals surface area contributed by atoms with Crippen molar-refractivity contribution in [2.24, 2.45) is 10.7 Å². The highest BCUT2D eigenvalue weighted by Gasteiger charge is 2.45. The molecule has 1 unspecified atom stereocenters. The number of nitro groups is 1. The lowest BCUT2D eigenvalue weighted by Gasteiger charge is -2.32. The maximum absolute atomic E-state index is 12.9. The van der Waals surface area contributed by atoms with E-state index in [1.165, 1.54) is 56.5 Å². The van der Waals surface area contributed by atoms with Crippen LogP contribution in [-0.4, -0.2) is 47.8 Å². The summed E-state index contributed by atoms with van der Waals surface area (Å²) in [7, 11) is 1.17. The van der Waals surface area contributed by atoms with Gasteiger partial charge in [-0.3, -0.25) is 15.0 Å². The summed E-state index contributed by atoms with van der Waals surface area (Å²) in [5.41, 5.74) is 3.96. The lowest BCUT2D eigenvalue weighted by Crippen LogP contribution is -2.46. The molecule has 0 spiro atoms. The first-order chi connectivity index (χ1) is 20.7. The Morgan fingerprint density at radius 3 is 2.37 bits per heavy atom. The molecular weight excluding hydrogens is 564 g/mol. The van der Waals surface area contributed by atoms with Crippen molar-refractivity contribution < 1.29 is 38.3 Å². The number of amides is 2. The van der Waals surface area contributed by atoms with Gasteiger partial charge in [0.1, 0.15) is 23.0 Å². The van der Waals surface area contributed by atoms with Crippen LogP contribution in [0.5, 0.6) is 23.0 Å². The molecule has 1 aliphatic rings. The molecule has 4 rings (SSSR count). The number of carbonyl (C=O) groups is 2. The van der Waals surface area contributed by atoms with Crippen LogP contribution in [0, 0.1) is 21.4 Å². The number of nitrogens with one attached hydrogen (secondary N) is 1. The number of aliphatic imine (C=N–C) groups is 1. The Morgan fingerprint density at radius 1 is 1.05 bits per heavy atom. The topological polar surface area (TPSA) is 201 Å². The number of hydroxylamine groups is 2. The van der Waals surface area contributed by atoms with Crippen LogP contribution in [0.3, 0.4) is 0 Å². The van der Waals surface area contributed by atoms with E-state index in [1.54, 1.807) is 30.3 Å². The summed E-state index contributed by atoms with van der Waals surface area (Å²) in [6.45, 7) is 1.41. The second-order valence-electron chi connectivity index (χ2n) is 8.40. The molecule has 1 heterocycles. The molecule has 1 aliphatic heterocycles. The molecule has 0 saturated carbocycles. The maximum atomic E-state index is 12.9. The van der Waals surface area contributed by atoms with E-state index >= 15 is 0 Å². The number of rotatable bonds is 11. The minimum Gasteiger partial charge on any atom is -0.461 e. The number of hydrogen-bond donors (Lipinski definition) is 2. The molecule has 220 valence electrons. The van der Waals surface area contributed by atoms with E-state index in [4.69, 9.17) is 29.5 Å². The highest BCUT2D eigenvalue weighted by Crippen LogP contribution is 2.33. The molecule has 0 radical (unpaired) electrons. The third kappa shape index (κ3) is 7.34. The Morgan fingerprint density at radius 2 is 1.74 bits per heavy atom. The largest absolute Gasteiger partial charge is 0.461 e. The Kier molecular flexibility index (Phi) is 9.35. The molecule has 0 aliphatic carbocycles. The number of carbonyl (C=O) groups excluding carboxylic acids is 2. The van der Waals surface area contributed by atoms with Gasteiger partial charge in [0.25, 0.3) is 6.35 Å². The van der Waals surface area contributed by atoms with E-state index in [0.717, 1.165) is 5.06 Å². The number of esters is 1. The highest BCUT2D eigenvalue weighted by atomic mass is 16.7. The van der Waals surface area contributed by atoms with Crippen molar-refractivity contribution in [1.29, 1.82) is 5.26 Å². The minimum atomic E-state index is -1.56. The van der Waals surface area contributed by atoms with Crippen molar-refractivity contribution in [2.45, 2.75) is 13.3 Å². The monoisotopic (exact) mass is 588 g/mol. The number of nitrogens with zero attached hydrogens (tertiary/aromatic N) is 4. The number of primary amides is 1. The average molecular weight is 589 g/mol. The van der Waals surface area contributed by atoms with Gasteiger partial charge in [-0.05, 0) is 43.3 Å². The number of urea groups is 1. The van der Waals surface area contributed by atoms with Crippen LogP contribution in [0.15, 0.2) is 89.4 Å². The van der Waals surface area contributed by atoms with E-state index in [1.807, 2.05) is 6.07 Å². The van der Waals surface area contributed by atoms with Gasteiger partial charge in [0.15, 0.2) is 0 Å². The summed E-state index contributed by atoms with van der Waals surface area (Å²) in [6, 6.07) is 20.0. The molecule has 43 heavy (non-hydrogen) atoms. The van der Waals surface area contributed by atoms with Gasteiger partial charge in [-0.15, -0.1) is 0 Å². The third-order valence-corrected chi connectivity index (χ3v) is 5.46. The number of hydrogen-bond acceptors (Lipinski definition) is 12. The van der Waals surface area contributed by atoms with Gasteiger partial charge >= 0.3 is 23.6 Å². The van der Waals surface area contributed by atoms with Crippen molar-refractivity contribution in [3.8, 4) is 29.1 Å². The standard InChI is InChI=1S/C28H24N6O9/c1-3-40-26(35)23-24(34(37)38)25(33(39-2)28(32-23)43-20-11-7-8-18(14-20)31-27(30)36)42-22-13-17(16-29)12-21(15-22)41-19-9-5-4-6-10-19/h4-15,28H,3H2,1-2H3,(H3,30,31,36). The van der Waals surface area contributed by atoms with Crippen molar-refractivity contribution in [3.05, 3.63) is 100 Å². The molecule has 0 bridgehead atoms. The van der Waals surface area contributed by atoms with Crippen LogP contribution < -0.4 is 25.3 Å². The SMILES string of the molecule is CCOC(=O)C1=NC(Oc2cccc(NC(N)=O)c2)N(OC)C(Oc2cc(C#N)cc(Oc3ccccc3)c2)=C1[N+](=O)[O-]. The van der Waals surface area contributed by atoms with Gasteiger partial charge < -0.3 is 30.0 Å². The summed E-state index contributed by atoms with van der Waals surface area (Å²) in [5, 5.41) is 25.1. The smallest absolute Gasteiger partial charge is 0.364 e. The quantitative estimate of drug-likeness (QED) is 0.187. The van der Waals surface area contributed by atoms with Crippen LogP contribution in [0.4, 0.5) is 10.5 Å². The molecule has 15 heteroatoms. The highest BCUT2D eigenvalue weighted by molar-refractivity contribution is 6.42. The lowest BCUT2D eigenvalue weighted by atomic mass is 10.2. The van der Waals surface area contributed by atoms with Gasteiger partial charge in [0.2, 0.25) is 5.71 Å². The number of nitrogens with two attached hydrogens (primary N) is 1. The van der Waals surface area contributed by atoms with Crippen molar-refractivity contribution in [3.63, 3.8) is 0 Å². The first-order valence-electron chi connectivity index (χ1n) is 12.5. The molecule has 3 aromatic carbocycles. The lowest BCUT2D eigenvalue weighted by molar-refractivity contribution is -0.422. The van der Waals surface area contributed by atoms with Gasteiger partial charge in [0, 0.05) is 17.8 Å². The third-order valence-electron chi connectivity index (χ3n) is 5.46. The van der Waals surface area contributed by atoms with Gasteiger partial charge in [-0.25, -0.2) is 14.6 Å². The van der Waals surface area contributed by atoms with Crippen LogP contribution in [0.2, 0.25) is 0 Å². The summed E-state index contributed by atoms with van der Waals surface area (Å²) < 4.78 is 22.6. The Balaban J connectivity index is 1.78. The predicted molar refractivity (Wildman–Crippen MR) is 149 cm³/mol. The van der Waals surface area contributed by atoms with Crippen LogP contribution >= 0.6 is 0 Å². The van der Waals surface area contributed by atoms with Crippen molar-refractivity contribution >= 4 is 23.4 Å². The van der Waals surface area contributed by atoms with Crippen LogP contribution in [0.1, 0.15) is 12.5 Å². The second kappa shape index (κ2) is 13.5. The first kappa shape index (κ1) is 29.8. The zero-order valence-corrected chi connectivity index (χ0v) is 22.8. The molecule has 3 N–H and O–H groups in total. The Labute approximate surface area is 244 Å². The molecular formula is C28H24N6O9. The zero-order chi connectivity index (χ0) is 30.9. The predicted octanol–water partition coefficient (Wildman–Crippen LogP) is 3.91. The first-order valence-corrected chi connectivity index (χ1v) is 12.5. The Bertz CT molecular complexity index is 1640. The summed E-state index contributed by atoms with van der Waals surface area (Å²) >= 11 is 0. The number of nitriles is 1. The fourth-order valence-electron chi connectivity index (χ4n) is 3.79. The Hall–Kier alpha value is -6.14. The normalized spacial score (nSPS) is 14.2. The van der Waals surface area contributed by atoms with Crippen molar-refractivity contribution in [2.75, 3.05) is 19.0 Å². The molecule has 0 saturated heterocycles. The summed E-state index contributed by atoms with van der Waals surface area (Å²) in [5.74, 6) is -1.04. The fraction of sp³-hybridized carbons (Fsp3) is 0.143. The molecule has 0 fully saturated rings. The number of ether oxygens (including phenoxy) is 4. The van der Waals surface area contributed by atoms with E-state index in [0.29, 0.717) is 5.75 Å². The summed E-state index contributed by atoms with van der Waals surface area (Å²) in [4.78, 5) is 45.0. The molecule has 1 atom stereocenters. The minimum absolute atomic E-state index is 0.0714. The maximum Gasteiger partial charge on any atom is 0.364 e. The van der Waals surface area contributed by atoms with Gasteiger partial charge in [-0.1, -0.05) is 24.3 Å². The van der Waals surface area contributed by atoms with E-state index in [2.05, 4.69) is 10.3 Å². The fourth-order valence-corrected chi connectivity index (χ4v) is 3.79. The van der Waals surface area contributed by atoms with Gasteiger partial charge in [-0.2, -0.15) is 10.3 Å². The zero-order valence-electron chi connectivity index (χ0n) is 22.8. The van der Waals surface area contributed by atoms with Crippen LogP contribution in [0.25, 0.3) is 0 Å².